The molecular formula is C43H58N9O6+. The maximum Gasteiger partial charge on any atom is 0.373 e. The lowest BCUT2D eigenvalue weighted by Gasteiger charge is -2.19. The lowest BCUT2D eigenvalue weighted by molar-refractivity contribution is -0.228. The van der Waals surface area contributed by atoms with E-state index < -0.39 is 12.0 Å². The van der Waals surface area contributed by atoms with Gasteiger partial charge in [-0.05, 0) is 68.5 Å². The molecular weight excluding hydrogens is 739 g/mol. The molecule has 2 aromatic carbocycles. The summed E-state index contributed by atoms with van der Waals surface area (Å²) in [7, 11) is 7.86. The molecule has 11 N–H and O–H groups in total. The average Bonchev–Trinajstić information content (AvgIpc) is 3.18. The minimum absolute atomic E-state index is 0.0156. The molecule has 2 amide bonds. The first kappa shape index (κ1) is 47.6. The predicted molar refractivity (Wildman–Crippen MR) is 232 cm³/mol. The zero-order chi connectivity index (χ0) is 43.5. The monoisotopic (exact) mass is 796 g/mol. The molecule has 2 aromatic rings. The van der Waals surface area contributed by atoms with Crippen molar-refractivity contribution in [2.24, 2.45) is 17.2 Å². The molecule has 0 saturated carbocycles. The van der Waals surface area contributed by atoms with E-state index in [1.807, 2.05) is 99.2 Å². The molecule has 1 atom stereocenters. The average molecular weight is 797 g/mol. The van der Waals surface area contributed by atoms with Gasteiger partial charge in [0.15, 0.2) is 0 Å². The van der Waals surface area contributed by atoms with Crippen LogP contribution in [0.3, 0.4) is 0 Å². The lowest BCUT2D eigenvalue weighted by atomic mass is 9.89. The molecule has 0 radical (unpaired) electrons. The van der Waals surface area contributed by atoms with Crippen molar-refractivity contribution in [1.82, 2.24) is 15.2 Å². The summed E-state index contributed by atoms with van der Waals surface area (Å²) in [5.74, 6) is -0.242. The summed E-state index contributed by atoms with van der Waals surface area (Å²) in [5, 5.41) is 30.0. The van der Waals surface area contributed by atoms with Gasteiger partial charge in [-0.2, -0.15) is 5.26 Å². The van der Waals surface area contributed by atoms with Crippen LogP contribution in [0, 0.1) is 10.8 Å². The highest BCUT2D eigenvalue weighted by Gasteiger charge is 2.25. The van der Waals surface area contributed by atoms with Gasteiger partial charge < -0.3 is 37.2 Å². The van der Waals surface area contributed by atoms with Crippen molar-refractivity contribution >= 4 is 51.7 Å². The summed E-state index contributed by atoms with van der Waals surface area (Å²) in [6, 6.07) is 18.4. The summed E-state index contributed by atoms with van der Waals surface area (Å²) in [6.45, 7) is 9.52. The molecule has 0 aromatic heterocycles. The maximum atomic E-state index is 12.4. The number of fused-ring (bicyclic) bond motifs is 2. The second-order valence-electron chi connectivity index (χ2n) is 13.6. The number of amides is 2. The Morgan fingerprint density at radius 3 is 2.19 bits per heavy atom. The Hall–Kier alpha value is -6.58. The Bertz CT molecular complexity index is 2180. The topological polar surface area (TPSA) is 250 Å². The number of hydrogen-bond donors (Lipinski definition) is 8. The molecule has 1 aliphatic carbocycles. The largest absolute Gasteiger partial charge is 0.456 e. The lowest BCUT2D eigenvalue weighted by Crippen LogP contribution is -2.40. The molecule has 58 heavy (non-hydrogen) atoms. The van der Waals surface area contributed by atoms with Crippen molar-refractivity contribution < 1.29 is 28.9 Å². The van der Waals surface area contributed by atoms with Gasteiger partial charge in [-0.1, -0.05) is 43.0 Å². The van der Waals surface area contributed by atoms with Crippen LogP contribution in [-0.4, -0.2) is 75.5 Å². The number of anilines is 1. The zero-order valence-corrected chi connectivity index (χ0v) is 34.4. The van der Waals surface area contributed by atoms with E-state index in [0.29, 0.717) is 42.0 Å². The molecule has 2 aliphatic rings. The number of nitrogens with two attached hydrogens (primary N) is 3. The number of allylic oxidation sites excluding steroid dienone is 3. The van der Waals surface area contributed by atoms with Gasteiger partial charge >= 0.3 is 5.97 Å². The molecule has 0 saturated heterocycles. The highest BCUT2D eigenvalue weighted by atomic mass is 17.1. The van der Waals surface area contributed by atoms with E-state index in [1.165, 1.54) is 26.0 Å². The predicted octanol–water partition coefficient (Wildman–Crippen LogP) is 4.33. The van der Waals surface area contributed by atoms with Crippen LogP contribution in [0.5, 0.6) is 0 Å². The maximum absolute atomic E-state index is 12.4. The Morgan fingerprint density at radius 2 is 1.66 bits per heavy atom. The van der Waals surface area contributed by atoms with Crippen LogP contribution in [0.2, 0.25) is 0 Å². The van der Waals surface area contributed by atoms with Gasteiger partial charge in [-0.3, -0.25) is 25.3 Å². The van der Waals surface area contributed by atoms with E-state index in [2.05, 4.69) is 22.1 Å². The van der Waals surface area contributed by atoms with Crippen molar-refractivity contribution in [3.05, 3.63) is 113 Å². The van der Waals surface area contributed by atoms with Crippen molar-refractivity contribution in [2.75, 3.05) is 39.6 Å². The normalized spacial score (nSPS) is 11.5. The van der Waals surface area contributed by atoms with Crippen molar-refractivity contribution in [3.63, 3.8) is 0 Å². The smallest absolute Gasteiger partial charge is 0.373 e. The van der Waals surface area contributed by atoms with Gasteiger partial charge in [0, 0.05) is 74.0 Å². The van der Waals surface area contributed by atoms with Crippen LogP contribution >= 0.6 is 0 Å². The molecule has 4 rings (SSSR count). The molecule has 15 nitrogen and oxygen atoms in total. The van der Waals surface area contributed by atoms with E-state index in [1.54, 1.807) is 12.1 Å². The van der Waals surface area contributed by atoms with E-state index >= 15 is 0 Å². The van der Waals surface area contributed by atoms with Crippen molar-refractivity contribution in [3.8, 4) is 11.3 Å². The van der Waals surface area contributed by atoms with E-state index in [-0.39, 0.29) is 29.1 Å². The molecule has 15 heteroatoms. The van der Waals surface area contributed by atoms with Crippen LogP contribution in [-0.2, 0) is 25.8 Å². The fraction of sp³-hybridized carbons (Fsp3) is 0.302. The molecule has 0 bridgehead atoms. The third kappa shape index (κ3) is 14.5. The number of benzene rings is 3. The number of hydrogen-bond acceptors (Lipinski definition) is 10. The number of nitrogens with zero attached hydrogens (tertiary/aromatic N) is 2. The molecule has 1 heterocycles. The van der Waals surface area contributed by atoms with Crippen LogP contribution in [0.15, 0.2) is 95.5 Å². The Balaban J connectivity index is 0.000000381. The highest BCUT2D eigenvalue weighted by Crippen LogP contribution is 2.40. The summed E-state index contributed by atoms with van der Waals surface area (Å²) in [5.41, 5.74) is 21.6. The number of unbranched alkanes of at least 4 members (excludes halogenated alkanes) is 1. The van der Waals surface area contributed by atoms with Gasteiger partial charge in [-0.15, -0.1) is 0 Å². The molecule has 1 aliphatic heterocycles. The molecule has 1 unspecified atom stereocenters. The van der Waals surface area contributed by atoms with E-state index in [9.17, 15) is 14.4 Å². The third-order valence-electron chi connectivity index (χ3n) is 8.54. The molecule has 310 valence electrons. The highest BCUT2D eigenvalue weighted by molar-refractivity contribution is 6.12. The summed E-state index contributed by atoms with van der Waals surface area (Å²) in [4.78, 5) is 41.0. The SMILES string of the molecule is C=C/C=C(C(=O)OO)\C(=C/C)c1c2ccc(=[N+](C)C)cc-2oc2cc(N(C)C)ccc12.CC(=N)N.CC(=O)NCCCCC(N)C(=O)NCc1ccc(C(=N)N)cc1. The summed E-state index contributed by atoms with van der Waals surface area (Å²) in [6.07, 6.45) is 6.99. The van der Waals surface area contributed by atoms with Crippen molar-refractivity contribution in [2.45, 2.75) is 52.6 Å². The second kappa shape index (κ2) is 23.5. The Morgan fingerprint density at radius 1 is 1.00 bits per heavy atom. The summed E-state index contributed by atoms with van der Waals surface area (Å²) >= 11 is 0. The first-order valence-corrected chi connectivity index (χ1v) is 18.5. The van der Waals surface area contributed by atoms with Gasteiger partial charge in [0.2, 0.25) is 17.2 Å². The number of carbonyl (C=O) groups is 3. The fourth-order valence-corrected chi connectivity index (χ4v) is 5.59. The molecule has 0 fully saturated rings. The van der Waals surface area contributed by atoms with Gasteiger partial charge in [0.25, 0.3) is 0 Å². The molecule has 0 spiro atoms. The number of rotatable bonds is 14. The quantitative estimate of drug-likeness (QED) is 0.0103. The van der Waals surface area contributed by atoms with Crippen LogP contribution in [0.1, 0.15) is 56.7 Å². The van der Waals surface area contributed by atoms with E-state index in [0.717, 1.165) is 46.0 Å². The number of nitrogens with one attached hydrogen (secondary N) is 4. The zero-order valence-electron chi connectivity index (χ0n) is 34.4. The minimum Gasteiger partial charge on any atom is -0.456 e. The van der Waals surface area contributed by atoms with Crippen molar-refractivity contribution in [1.29, 1.82) is 10.8 Å². The van der Waals surface area contributed by atoms with Crippen LogP contribution in [0.4, 0.5) is 5.69 Å². The number of amidine groups is 2. The second-order valence-corrected chi connectivity index (χ2v) is 13.6. The standard InChI is InChI=1S/C25H26N2O4.C16H25N5O2.C2H6N2/c1-7-9-19(25(28)31-29)18(8-2)24-20-12-10-16(26(3)4)14-22(20)30-23-15-17(27(5)6)11-13-21(23)24;1-11(22)20-9-3-2-4-14(17)16(23)21-10-12-5-7-13(8-6-12)15(18)19;1-2(3)4/h7-15H,1H2,2-6H3;5-8,14H,2-4,9-10,17H2,1H3,(H3,18,19)(H,20,22)(H,21,23);1H3,(H3,3,4)/p+1/b18-8+,19-9+;;. The Labute approximate surface area is 339 Å². The van der Waals surface area contributed by atoms with Crippen LogP contribution in [0.25, 0.3) is 27.9 Å². The third-order valence-corrected chi connectivity index (χ3v) is 8.54. The fourth-order valence-electron chi connectivity index (χ4n) is 5.59. The van der Waals surface area contributed by atoms with Gasteiger partial charge in [0.1, 0.15) is 31.3 Å². The Kier molecular flexibility index (Phi) is 19.3. The summed E-state index contributed by atoms with van der Waals surface area (Å²) < 4.78 is 8.30. The van der Waals surface area contributed by atoms with Gasteiger partial charge in [0.05, 0.1) is 23.5 Å². The first-order chi connectivity index (χ1) is 27.4. The minimum atomic E-state index is -0.857. The van der Waals surface area contributed by atoms with Gasteiger partial charge in [-0.25, -0.2) is 9.37 Å². The number of carbonyl (C=O) groups excluding carboxylic acids is 3. The first-order valence-electron chi connectivity index (χ1n) is 18.5. The van der Waals surface area contributed by atoms with E-state index in [4.69, 9.17) is 37.7 Å². The van der Waals surface area contributed by atoms with Crippen LogP contribution < -0.4 is 42.7 Å². The number of nitrogen functional groups attached to an aromatic ring is 1.